The molecule has 0 bridgehead atoms. The molecule has 1 aliphatic heterocycles. The zero-order valence-electron chi connectivity index (χ0n) is 15.0. The number of aryl methyl sites for hydroxylation is 1. The molecule has 4 nitrogen and oxygen atoms in total. The fraction of sp³-hybridized carbons (Fsp3) is 0.667. The summed E-state index contributed by atoms with van der Waals surface area (Å²) in [5.41, 5.74) is 3.09. The van der Waals surface area contributed by atoms with Crippen molar-refractivity contribution in [2.24, 2.45) is 5.92 Å². The molecule has 136 valence electrons. The number of fused-ring (bicyclic) bond motifs is 2. The molecule has 25 heavy (non-hydrogen) atoms. The highest BCUT2D eigenvalue weighted by Crippen LogP contribution is 2.50. The number of aliphatic carboxylic acids is 1. The van der Waals surface area contributed by atoms with Gasteiger partial charge in [-0.15, -0.1) is 0 Å². The molecule has 0 aromatic heterocycles. The SMILES string of the molecule is O=C(O)C1CCC2(CCc3ccc(OCCN4CCCC4)cc32)CC1. The summed E-state index contributed by atoms with van der Waals surface area (Å²) < 4.78 is 6.05. The third kappa shape index (κ3) is 3.41. The lowest BCUT2D eigenvalue weighted by Gasteiger charge is -2.37. The number of ether oxygens (including phenoxy) is 1. The van der Waals surface area contributed by atoms with Crippen LogP contribution in [0.4, 0.5) is 0 Å². The Morgan fingerprint density at radius 2 is 1.96 bits per heavy atom. The summed E-state index contributed by atoms with van der Waals surface area (Å²) in [5, 5.41) is 9.27. The Morgan fingerprint density at radius 1 is 1.20 bits per heavy atom. The predicted octanol–water partition coefficient (Wildman–Crippen LogP) is 3.62. The van der Waals surface area contributed by atoms with E-state index in [9.17, 15) is 9.90 Å². The summed E-state index contributed by atoms with van der Waals surface area (Å²) in [6.07, 6.45) is 8.58. The fourth-order valence-electron chi connectivity index (χ4n) is 5.10. The van der Waals surface area contributed by atoms with E-state index in [1.165, 1.54) is 43.5 Å². The molecule has 1 heterocycles. The highest BCUT2D eigenvalue weighted by Gasteiger charge is 2.42. The molecule has 0 amide bonds. The van der Waals surface area contributed by atoms with Crippen LogP contribution in [-0.2, 0) is 16.6 Å². The van der Waals surface area contributed by atoms with Gasteiger partial charge in [-0.3, -0.25) is 9.69 Å². The molecule has 1 saturated heterocycles. The van der Waals surface area contributed by atoms with Crippen LogP contribution in [0.3, 0.4) is 0 Å². The van der Waals surface area contributed by atoms with Gasteiger partial charge in [0.15, 0.2) is 0 Å². The molecular formula is C21H29NO3. The van der Waals surface area contributed by atoms with E-state index in [2.05, 4.69) is 23.1 Å². The highest BCUT2D eigenvalue weighted by atomic mass is 16.5. The molecule has 2 aliphatic carbocycles. The third-order valence-corrected chi connectivity index (χ3v) is 6.69. The van der Waals surface area contributed by atoms with Gasteiger partial charge < -0.3 is 9.84 Å². The van der Waals surface area contributed by atoms with E-state index in [-0.39, 0.29) is 11.3 Å². The Kier molecular flexibility index (Phi) is 4.72. The van der Waals surface area contributed by atoms with Crippen molar-refractivity contribution in [1.29, 1.82) is 0 Å². The molecule has 2 fully saturated rings. The summed E-state index contributed by atoms with van der Waals surface area (Å²) >= 11 is 0. The van der Waals surface area contributed by atoms with Crippen LogP contribution >= 0.6 is 0 Å². The first-order valence-electron chi connectivity index (χ1n) is 9.88. The Bertz CT molecular complexity index is 628. The molecule has 1 spiro atoms. The number of hydrogen-bond acceptors (Lipinski definition) is 3. The Labute approximate surface area is 150 Å². The van der Waals surface area contributed by atoms with E-state index in [0.29, 0.717) is 0 Å². The summed E-state index contributed by atoms with van der Waals surface area (Å²) in [6, 6.07) is 6.61. The molecule has 1 N–H and O–H groups in total. The van der Waals surface area contributed by atoms with E-state index < -0.39 is 5.97 Å². The second-order valence-corrected chi connectivity index (χ2v) is 8.11. The van der Waals surface area contributed by atoms with E-state index in [0.717, 1.165) is 51.0 Å². The minimum absolute atomic E-state index is 0.144. The number of nitrogens with zero attached hydrogens (tertiary/aromatic N) is 1. The quantitative estimate of drug-likeness (QED) is 0.887. The topological polar surface area (TPSA) is 49.8 Å². The maximum absolute atomic E-state index is 11.3. The molecule has 0 atom stereocenters. The Morgan fingerprint density at radius 3 is 2.68 bits per heavy atom. The lowest BCUT2D eigenvalue weighted by atomic mass is 9.67. The monoisotopic (exact) mass is 343 g/mol. The van der Waals surface area contributed by atoms with Crippen LogP contribution in [0.2, 0.25) is 0 Å². The third-order valence-electron chi connectivity index (χ3n) is 6.69. The minimum atomic E-state index is -0.618. The average molecular weight is 343 g/mol. The van der Waals surface area contributed by atoms with Crippen LogP contribution in [0.15, 0.2) is 18.2 Å². The zero-order valence-corrected chi connectivity index (χ0v) is 15.0. The van der Waals surface area contributed by atoms with Crippen LogP contribution in [0.25, 0.3) is 0 Å². The number of carboxylic acid groups (broad SMARTS) is 1. The van der Waals surface area contributed by atoms with Gasteiger partial charge in [0.1, 0.15) is 12.4 Å². The van der Waals surface area contributed by atoms with Gasteiger partial charge in [0.05, 0.1) is 5.92 Å². The van der Waals surface area contributed by atoms with Crippen molar-refractivity contribution in [3.63, 3.8) is 0 Å². The first-order valence-corrected chi connectivity index (χ1v) is 9.88. The molecule has 1 saturated carbocycles. The van der Waals surface area contributed by atoms with Gasteiger partial charge in [-0.2, -0.15) is 0 Å². The first-order chi connectivity index (χ1) is 12.2. The minimum Gasteiger partial charge on any atom is -0.492 e. The van der Waals surface area contributed by atoms with Gasteiger partial charge in [-0.05, 0) is 93.1 Å². The molecule has 1 aromatic carbocycles. The molecule has 0 unspecified atom stereocenters. The highest BCUT2D eigenvalue weighted by molar-refractivity contribution is 5.70. The zero-order chi connectivity index (χ0) is 17.3. The summed E-state index contributed by atoms with van der Waals surface area (Å²) in [7, 11) is 0. The van der Waals surface area contributed by atoms with E-state index in [4.69, 9.17) is 4.74 Å². The van der Waals surface area contributed by atoms with Gasteiger partial charge in [0.25, 0.3) is 0 Å². The van der Waals surface area contributed by atoms with Crippen molar-refractivity contribution in [3.8, 4) is 5.75 Å². The molecule has 3 aliphatic rings. The number of rotatable bonds is 5. The molecule has 0 radical (unpaired) electrons. The second kappa shape index (κ2) is 6.99. The largest absolute Gasteiger partial charge is 0.492 e. The summed E-state index contributed by atoms with van der Waals surface area (Å²) in [4.78, 5) is 13.7. The maximum atomic E-state index is 11.3. The van der Waals surface area contributed by atoms with Crippen LogP contribution < -0.4 is 4.74 Å². The van der Waals surface area contributed by atoms with Gasteiger partial charge in [-0.1, -0.05) is 6.07 Å². The number of carboxylic acids is 1. The summed E-state index contributed by atoms with van der Waals surface area (Å²) in [6.45, 7) is 4.19. The number of hydrogen-bond donors (Lipinski definition) is 1. The molecule has 4 heteroatoms. The molecule has 4 rings (SSSR count). The van der Waals surface area contributed by atoms with Crippen molar-refractivity contribution in [2.75, 3.05) is 26.2 Å². The van der Waals surface area contributed by atoms with E-state index in [1.54, 1.807) is 0 Å². The van der Waals surface area contributed by atoms with Crippen molar-refractivity contribution < 1.29 is 14.6 Å². The normalized spacial score (nSPS) is 29.0. The van der Waals surface area contributed by atoms with E-state index >= 15 is 0 Å². The van der Waals surface area contributed by atoms with Crippen LogP contribution in [0.5, 0.6) is 5.75 Å². The fourth-order valence-corrected chi connectivity index (χ4v) is 5.10. The van der Waals surface area contributed by atoms with Gasteiger partial charge >= 0.3 is 5.97 Å². The summed E-state index contributed by atoms with van der Waals surface area (Å²) in [5.74, 6) is 0.223. The Hall–Kier alpha value is -1.55. The lowest BCUT2D eigenvalue weighted by Crippen LogP contribution is -2.32. The number of benzene rings is 1. The van der Waals surface area contributed by atoms with Crippen molar-refractivity contribution in [1.82, 2.24) is 4.90 Å². The van der Waals surface area contributed by atoms with Gasteiger partial charge in [0.2, 0.25) is 0 Å². The van der Waals surface area contributed by atoms with Crippen LogP contribution in [0, 0.1) is 5.92 Å². The molecule has 1 aromatic rings. The van der Waals surface area contributed by atoms with Crippen LogP contribution in [0.1, 0.15) is 56.1 Å². The maximum Gasteiger partial charge on any atom is 0.306 e. The van der Waals surface area contributed by atoms with Crippen LogP contribution in [-0.4, -0.2) is 42.2 Å². The number of likely N-dealkylation sites (tertiary alicyclic amines) is 1. The van der Waals surface area contributed by atoms with Crippen molar-refractivity contribution in [2.45, 2.75) is 56.8 Å². The standard InChI is InChI=1S/C21H29NO3/c23-20(24)17-6-9-21(10-7-17)8-5-16-3-4-18(15-19(16)21)25-14-13-22-11-1-2-12-22/h3-4,15,17H,1-2,5-14H2,(H,23,24). The van der Waals surface area contributed by atoms with Gasteiger partial charge in [0, 0.05) is 6.54 Å². The van der Waals surface area contributed by atoms with Crippen molar-refractivity contribution >= 4 is 5.97 Å². The van der Waals surface area contributed by atoms with Crippen molar-refractivity contribution in [3.05, 3.63) is 29.3 Å². The second-order valence-electron chi connectivity index (χ2n) is 8.11. The molecular weight excluding hydrogens is 314 g/mol. The Balaban J connectivity index is 1.41. The average Bonchev–Trinajstić information content (AvgIpc) is 3.25. The van der Waals surface area contributed by atoms with Gasteiger partial charge in [-0.25, -0.2) is 0 Å². The first kappa shape index (κ1) is 16.9. The predicted molar refractivity (Wildman–Crippen MR) is 97.2 cm³/mol. The van der Waals surface area contributed by atoms with E-state index in [1.807, 2.05) is 0 Å². The smallest absolute Gasteiger partial charge is 0.306 e. The lowest BCUT2D eigenvalue weighted by molar-refractivity contribution is -0.143. The number of carbonyl (C=O) groups is 1.